The number of fused-ring (bicyclic) bond motifs is 1. The first kappa shape index (κ1) is 13.2. The van der Waals surface area contributed by atoms with Crippen LogP contribution in [0.1, 0.15) is 19.4 Å². The molecule has 0 amide bonds. The summed E-state index contributed by atoms with van der Waals surface area (Å²) in [6.07, 6.45) is 1.80. The van der Waals surface area contributed by atoms with Gasteiger partial charge in [-0.05, 0) is 30.1 Å². The molecule has 4 nitrogen and oxygen atoms in total. The van der Waals surface area contributed by atoms with Gasteiger partial charge in [0.2, 0.25) is 0 Å². The lowest BCUT2D eigenvalue weighted by Gasteiger charge is -1.98. The first-order chi connectivity index (χ1) is 9.29. The van der Waals surface area contributed by atoms with Crippen LogP contribution in [0.25, 0.3) is 27.0 Å². The van der Waals surface area contributed by atoms with Gasteiger partial charge in [0.05, 0.1) is 18.3 Å². The summed E-state index contributed by atoms with van der Waals surface area (Å²) in [5.74, 6) is 0. The summed E-state index contributed by atoms with van der Waals surface area (Å²) in [6.45, 7) is 13.0. The van der Waals surface area contributed by atoms with E-state index in [0.717, 1.165) is 27.7 Å². The largest absolute Gasteiger partial charge is 0.278 e. The third kappa shape index (κ3) is 2.35. The topological polar surface area (TPSA) is 45.9 Å². The lowest BCUT2D eigenvalue weighted by Crippen LogP contribution is -1.76. The van der Waals surface area contributed by atoms with Gasteiger partial charge in [0, 0.05) is 16.3 Å². The van der Waals surface area contributed by atoms with Crippen LogP contribution in [0.2, 0.25) is 0 Å². The number of nitrogens with one attached hydrogen (secondary N) is 1. The van der Waals surface area contributed by atoms with Crippen LogP contribution in [0.5, 0.6) is 0 Å². The molecule has 0 spiro atoms. The average Bonchev–Trinajstić information content (AvgIpc) is 3.08. The highest BCUT2D eigenvalue weighted by Gasteiger charge is 2.11. The Bertz CT molecular complexity index is 720. The lowest BCUT2D eigenvalue weighted by molar-refractivity contribution is 1.12. The Labute approximate surface area is 116 Å². The second kappa shape index (κ2) is 5.63. The van der Waals surface area contributed by atoms with Crippen LogP contribution in [0, 0.1) is 13.5 Å². The Hall–Kier alpha value is -2.19. The third-order valence-corrected chi connectivity index (χ3v) is 3.29. The summed E-state index contributed by atoms with van der Waals surface area (Å²) in [5, 5.41) is 10.3. The molecule has 1 aromatic carbocycles. The number of hydrogen-bond donors (Lipinski definition) is 1. The van der Waals surface area contributed by atoms with E-state index in [9.17, 15) is 0 Å². The van der Waals surface area contributed by atoms with Crippen molar-refractivity contribution in [1.29, 1.82) is 0 Å². The molecule has 0 atom stereocenters. The molecule has 3 rings (SSSR count). The van der Waals surface area contributed by atoms with Crippen LogP contribution < -0.4 is 0 Å². The van der Waals surface area contributed by atoms with E-state index in [4.69, 9.17) is 6.57 Å². The Balaban J connectivity index is 0.000000637. The number of aromatic nitrogens is 3. The molecule has 0 aliphatic rings. The minimum Gasteiger partial charge on any atom is -0.278 e. The molecule has 0 radical (unpaired) electrons. The highest BCUT2D eigenvalue weighted by Crippen LogP contribution is 2.31. The maximum atomic E-state index is 7.09. The van der Waals surface area contributed by atoms with Crippen molar-refractivity contribution in [3.05, 3.63) is 40.7 Å². The lowest BCUT2D eigenvalue weighted by atomic mass is 10.1. The highest BCUT2D eigenvalue weighted by atomic mass is 32.1. The molecule has 0 aliphatic heterocycles. The van der Waals surface area contributed by atoms with Crippen LogP contribution in [0.4, 0.5) is 5.69 Å². The molecule has 0 fully saturated rings. The number of H-pyrrole nitrogens is 1. The van der Waals surface area contributed by atoms with E-state index < -0.39 is 0 Å². The van der Waals surface area contributed by atoms with E-state index >= 15 is 0 Å². The molecule has 0 bridgehead atoms. The molecule has 19 heavy (non-hydrogen) atoms. The third-order valence-electron chi connectivity index (χ3n) is 2.71. The van der Waals surface area contributed by atoms with Crippen molar-refractivity contribution in [3.63, 3.8) is 0 Å². The fourth-order valence-corrected chi connectivity index (χ4v) is 2.34. The summed E-state index contributed by atoms with van der Waals surface area (Å²) in [4.78, 5) is 3.48. The molecule has 1 N–H and O–H groups in total. The van der Waals surface area contributed by atoms with Gasteiger partial charge in [-0.3, -0.25) is 5.10 Å². The number of hydrogen-bond acceptors (Lipinski definition) is 3. The second-order valence-electron chi connectivity index (χ2n) is 3.78. The van der Waals surface area contributed by atoms with Gasteiger partial charge in [-0.1, -0.05) is 19.9 Å². The van der Waals surface area contributed by atoms with Gasteiger partial charge in [-0.25, -0.2) is 9.22 Å². The molecule has 0 saturated carbocycles. The summed E-state index contributed by atoms with van der Waals surface area (Å²) >= 11 is 1.41. The molecule has 5 heteroatoms. The van der Waals surface area contributed by atoms with Crippen molar-refractivity contribution in [2.45, 2.75) is 20.8 Å². The van der Waals surface area contributed by atoms with Gasteiger partial charge in [-0.2, -0.15) is 5.10 Å². The van der Waals surface area contributed by atoms with Gasteiger partial charge in [0.25, 0.3) is 0 Å². The molecule has 96 valence electrons. The predicted octanol–water partition coefficient (Wildman–Crippen LogP) is 4.57. The van der Waals surface area contributed by atoms with Crippen molar-refractivity contribution in [1.82, 2.24) is 14.6 Å². The molecule has 0 saturated heterocycles. The van der Waals surface area contributed by atoms with Crippen molar-refractivity contribution in [2.75, 3.05) is 0 Å². The first-order valence-electron chi connectivity index (χ1n) is 6.05. The van der Waals surface area contributed by atoms with E-state index in [2.05, 4.69) is 19.4 Å². The van der Waals surface area contributed by atoms with Crippen LogP contribution in [0.15, 0.2) is 23.7 Å². The highest BCUT2D eigenvalue weighted by molar-refractivity contribution is 7.03. The van der Waals surface area contributed by atoms with Crippen molar-refractivity contribution < 1.29 is 0 Å². The van der Waals surface area contributed by atoms with Crippen LogP contribution in [0.3, 0.4) is 0 Å². The first-order valence-corrected chi connectivity index (χ1v) is 6.89. The number of nitrogens with zero attached hydrogens (tertiary/aromatic N) is 3. The van der Waals surface area contributed by atoms with E-state index in [0.29, 0.717) is 5.69 Å². The maximum Gasteiger partial charge on any atom is 0.192 e. The van der Waals surface area contributed by atoms with E-state index in [1.54, 1.807) is 6.20 Å². The molecule has 0 aliphatic carbocycles. The Morgan fingerprint density at radius 2 is 2.11 bits per heavy atom. The zero-order valence-electron chi connectivity index (χ0n) is 11.1. The molecular weight excluding hydrogens is 256 g/mol. The molecule has 2 heterocycles. The Morgan fingerprint density at radius 3 is 2.74 bits per heavy atom. The fraction of sp³-hybridized carbons (Fsp3) is 0.214. The normalized spacial score (nSPS) is 9.79. The van der Waals surface area contributed by atoms with Crippen molar-refractivity contribution in [2.24, 2.45) is 0 Å². The van der Waals surface area contributed by atoms with E-state index in [1.165, 1.54) is 11.5 Å². The summed E-state index contributed by atoms with van der Waals surface area (Å²) in [7, 11) is 0. The zero-order chi connectivity index (χ0) is 13.8. The summed E-state index contributed by atoms with van der Waals surface area (Å²) in [5.41, 5.74) is 4.43. The standard InChI is InChI=1S/C12H8N4S.C2H6/c1-7-3-9-11(4-10(7)13-2)15-16-12(9)8-5-14-17-6-8;1-2/h3-6H,1H3,(H,15,16);1-2H3. The zero-order valence-corrected chi connectivity index (χ0v) is 11.9. The van der Waals surface area contributed by atoms with Gasteiger partial charge in [0.15, 0.2) is 5.69 Å². The SMILES string of the molecule is CC.[C-]#[N+]c1cc2[nH]nc(-c3cnsc3)c2cc1C. The number of aromatic amines is 1. The number of aryl methyl sites for hydroxylation is 1. The summed E-state index contributed by atoms with van der Waals surface area (Å²) in [6, 6.07) is 3.84. The molecule has 2 aromatic heterocycles. The molecule has 3 aromatic rings. The van der Waals surface area contributed by atoms with Crippen LogP contribution in [-0.4, -0.2) is 14.6 Å². The minimum absolute atomic E-state index is 0.663. The van der Waals surface area contributed by atoms with Crippen LogP contribution >= 0.6 is 11.5 Å². The summed E-state index contributed by atoms with van der Waals surface area (Å²) < 4.78 is 4.08. The van der Waals surface area contributed by atoms with Crippen molar-refractivity contribution in [3.8, 4) is 11.3 Å². The number of benzene rings is 1. The quantitative estimate of drug-likeness (QED) is 0.658. The molecular formula is C14H14N4S. The minimum atomic E-state index is 0.663. The average molecular weight is 270 g/mol. The van der Waals surface area contributed by atoms with Crippen LogP contribution in [-0.2, 0) is 0 Å². The van der Waals surface area contributed by atoms with Gasteiger partial charge in [0.1, 0.15) is 5.69 Å². The van der Waals surface area contributed by atoms with Gasteiger partial charge < -0.3 is 0 Å². The predicted molar refractivity (Wildman–Crippen MR) is 79.5 cm³/mol. The Morgan fingerprint density at radius 1 is 1.32 bits per heavy atom. The van der Waals surface area contributed by atoms with Gasteiger partial charge in [-0.15, -0.1) is 0 Å². The van der Waals surface area contributed by atoms with E-state index in [1.807, 2.05) is 38.3 Å². The maximum absolute atomic E-state index is 7.09. The van der Waals surface area contributed by atoms with Crippen molar-refractivity contribution >= 4 is 28.1 Å². The van der Waals surface area contributed by atoms with Gasteiger partial charge >= 0.3 is 0 Å². The second-order valence-corrected chi connectivity index (χ2v) is 4.44. The Kier molecular flexibility index (Phi) is 3.93. The van der Waals surface area contributed by atoms with E-state index in [-0.39, 0.29) is 0 Å². The number of rotatable bonds is 1. The smallest absolute Gasteiger partial charge is 0.192 e. The monoisotopic (exact) mass is 270 g/mol. The molecule has 0 unspecified atom stereocenters. The fourth-order valence-electron chi connectivity index (χ4n) is 1.82.